The molecule has 2 aromatic rings. The van der Waals surface area contributed by atoms with Crippen LogP contribution in [0.25, 0.3) is 6.08 Å². The van der Waals surface area contributed by atoms with E-state index in [0.29, 0.717) is 28.8 Å². The van der Waals surface area contributed by atoms with Crippen molar-refractivity contribution in [2.75, 3.05) is 26.9 Å². The molecule has 0 aromatic heterocycles. The Balaban J connectivity index is 1.66. The van der Waals surface area contributed by atoms with Crippen LogP contribution in [-0.2, 0) is 4.79 Å². The molecule has 1 fully saturated rings. The molecule has 0 spiro atoms. The fourth-order valence-electron chi connectivity index (χ4n) is 2.78. The van der Waals surface area contributed by atoms with E-state index in [1.54, 1.807) is 25.3 Å². The summed E-state index contributed by atoms with van der Waals surface area (Å²) in [5.41, 5.74) is 1.90. The van der Waals surface area contributed by atoms with Gasteiger partial charge in [0.25, 0.3) is 11.1 Å². The number of benzene rings is 2. The van der Waals surface area contributed by atoms with E-state index >= 15 is 0 Å². The number of amides is 2. The SMILES string of the molecule is CCOc1cc(/C=C2\SC(=O)N(CCOc3ccc(C)cc3)C2=O)ccc1OC. The zero-order valence-electron chi connectivity index (χ0n) is 16.6. The van der Waals surface area contributed by atoms with Gasteiger partial charge < -0.3 is 14.2 Å². The highest BCUT2D eigenvalue weighted by Gasteiger charge is 2.34. The van der Waals surface area contributed by atoms with Crippen LogP contribution >= 0.6 is 11.8 Å². The Bertz CT molecular complexity index is 923. The predicted octanol–water partition coefficient (Wildman–Crippen LogP) is 4.52. The number of nitrogens with zero attached hydrogens (tertiary/aromatic N) is 1. The third-order valence-corrected chi connectivity index (χ3v) is 5.17. The Kier molecular flexibility index (Phi) is 6.82. The van der Waals surface area contributed by atoms with Crippen LogP contribution in [0, 0.1) is 6.92 Å². The van der Waals surface area contributed by atoms with E-state index in [9.17, 15) is 9.59 Å². The maximum absolute atomic E-state index is 12.6. The molecule has 2 amide bonds. The molecule has 0 atom stereocenters. The molecule has 6 nitrogen and oxygen atoms in total. The smallest absolute Gasteiger partial charge is 0.293 e. The number of aryl methyl sites for hydroxylation is 1. The second-order valence-electron chi connectivity index (χ2n) is 6.34. The van der Waals surface area contributed by atoms with Crippen molar-refractivity contribution in [1.82, 2.24) is 4.90 Å². The van der Waals surface area contributed by atoms with E-state index in [4.69, 9.17) is 14.2 Å². The molecule has 0 radical (unpaired) electrons. The van der Waals surface area contributed by atoms with Crippen LogP contribution in [0.5, 0.6) is 17.2 Å². The first-order valence-corrected chi connectivity index (χ1v) is 10.1. The molecular weight excluding hydrogens is 390 g/mol. The van der Waals surface area contributed by atoms with Crippen LogP contribution in [0.4, 0.5) is 4.79 Å². The minimum absolute atomic E-state index is 0.197. The van der Waals surface area contributed by atoms with E-state index in [0.717, 1.165) is 22.9 Å². The van der Waals surface area contributed by atoms with E-state index < -0.39 is 0 Å². The molecule has 3 rings (SSSR count). The van der Waals surface area contributed by atoms with Crippen LogP contribution < -0.4 is 14.2 Å². The molecule has 0 N–H and O–H groups in total. The molecule has 0 aliphatic carbocycles. The summed E-state index contributed by atoms with van der Waals surface area (Å²) in [7, 11) is 1.57. The van der Waals surface area contributed by atoms with Crippen LogP contribution in [0.3, 0.4) is 0 Å². The number of carbonyl (C=O) groups is 2. The van der Waals surface area contributed by atoms with E-state index in [1.807, 2.05) is 44.2 Å². The number of hydrogen-bond acceptors (Lipinski definition) is 6. The molecule has 0 saturated carbocycles. The summed E-state index contributed by atoms with van der Waals surface area (Å²) in [6.45, 7) is 4.82. The third-order valence-electron chi connectivity index (χ3n) is 4.26. The topological polar surface area (TPSA) is 65.1 Å². The maximum Gasteiger partial charge on any atom is 0.293 e. The van der Waals surface area contributed by atoms with Crippen molar-refractivity contribution in [3.05, 3.63) is 58.5 Å². The van der Waals surface area contributed by atoms with Gasteiger partial charge in [-0.3, -0.25) is 14.5 Å². The van der Waals surface area contributed by atoms with Gasteiger partial charge in [-0.2, -0.15) is 0 Å². The summed E-state index contributed by atoms with van der Waals surface area (Å²) in [6, 6.07) is 13.0. The van der Waals surface area contributed by atoms with Crippen LogP contribution in [0.1, 0.15) is 18.1 Å². The van der Waals surface area contributed by atoms with Gasteiger partial charge in [-0.1, -0.05) is 23.8 Å². The average molecular weight is 413 g/mol. The summed E-state index contributed by atoms with van der Waals surface area (Å²) in [4.78, 5) is 26.5. The molecule has 1 saturated heterocycles. The highest BCUT2D eigenvalue weighted by Crippen LogP contribution is 2.34. The van der Waals surface area contributed by atoms with Gasteiger partial charge in [0.1, 0.15) is 12.4 Å². The number of rotatable bonds is 8. The number of ether oxygens (including phenoxy) is 3. The van der Waals surface area contributed by atoms with Crippen LogP contribution in [-0.4, -0.2) is 42.9 Å². The molecule has 7 heteroatoms. The molecule has 152 valence electrons. The van der Waals surface area contributed by atoms with Crippen molar-refractivity contribution < 1.29 is 23.8 Å². The lowest BCUT2D eigenvalue weighted by atomic mass is 10.2. The van der Waals surface area contributed by atoms with Crippen molar-refractivity contribution in [3.8, 4) is 17.2 Å². The Morgan fingerprint density at radius 3 is 2.48 bits per heavy atom. The molecule has 1 aliphatic rings. The predicted molar refractivity (Wildman–Crippen MR) is 114 cm³/mol. The van der Waals surface area contributed by atoms with Gasteiger partial charge >= 0.3 is 0 Å². The van der Waals surface area contributed by atoms with Crippen molar-refractivity contribution in [2.45, 2.75) is 13.8 Å². The molecule has 1 aliphatic heterocycles. The van der Waals surface area contributed by atoms with Crippen molar-refractivity contribution in [2.24, 2.45) is 0 Å². The van der Waals surface area contributed by atoms with Crippen molar-refractivity contribution in [3.63, 3.8) is 0 Å². The van der Waals surface area contributed by atoms with Gasteiger partial charge in [-0.15, -0.1) is 0 Å². The Hall–Kier alpha value is -2.93. The third kappa shape index (κ3) is 5.12. The van der Waals surface area contributed by atoms with Gasteiger partial charge in [0.05, 0.1) is 25.2 Å². The van der Waals surface area contributed by atoms with Gasteiger partial charge in [-0.25, -0.2) is 0 Å². The minimum atomic E-state index is -0.318. The Labute approximate surface area is 174 Å². The zero-order valence-corrected chi connectivity index (χ0v) is 17.5. The van der Waals surface area contributed by atoms with Gasteiger partial charge in [0, 0.05) is 0 Å². The molecule has 0 unspecified atom stereocenters. The van der Waals surface area contributed by atoms with Gasteiger partial charge in [0.15, 0.2) is 11.5 Å². The number of carbonyl (C=O) groups excluding carboxylic acids is 2. The van der Waals surface area contributed by atoms with Gasteiger partial charge in [0.2, 0.25) is 0 Å². The van der Waals surface area contributed by atoms with Crippen LogP contribution in [0.2, 0.25) is 0 Å². The standard InChI is InChI=1S/C22H23NO5S/c1-4-27-19-13-16(7-10-18(19)26-3)14-20-21(24)23(22(25)29-20)11-12-28-17-8-5-15(2)6-9-17/h5-10,13-14H,4,11-12H2,1-3H3/b20-14-. The highest BCUT2D eigenvalue weighted by atomic mass is 32.2. The van der Waals surface area contributed by atoms with E-state index in [2.05, 4.69) is 0 Å². The maximum atomic E-state index is 12.6. The van der Waals surface area contributed by atoms with E-state index in [-0.39, 0.29) is 24.3 Å². The summed E-state index contributed by atoms with van der Waals surface area (Å²) in [5.74, 6) is 1.60. The molecule has 2 aromatic carbocycles. The Morgan fingerprint density at radius 2 is 1.79 bits per heavy atom. The number of methoxy groups -OCH3 is 1. The summed E-state index contributed by atoms with van der Waals surface area (Å²) >= 11 is 0.925. The van der Waals surface area contributed by atoms with E-state index in [1.165, 1.54) is 4.90 Å². The largest absolute Gasteiger partial charge is 0.493 e. The normalized spacial score (nSPS) is 15.1. The first-order valence-electron chi connectivity index (χ1n) is 9.27. The lowest BCUT2D eigenvalue weighted by Crippen LogP contribution is -2.32. The molecule has 29 heavy (non-hydrogen) atoms. The second-order valence-corrected chi connectivity index (χ2v) is 7.33. The van der Waals surface area contributed by atoms with Crippen molar-refractivity contribution >= 4 is 29.0 Å². The first-order chi connectivity index (χ1) is 14.0. The lowest BCUT2D eigenvalue weighted by Gasteiger charge is -2.13. The summed E-state index contributed by atoms with van der Waals surface area (Å²) < 4.78 is 16.5. The Morgan fingerprint density at radius 1 is 1.03 bits per heavy atom. The second kappa shape index (κ2) is 9.52. The van der Waals surface area contributed by atoms with Crippen molar-refractivity contribution in [1.29, 1.82) is 0 Å². The quantitative estimate of drug-likeness (QED) is 0.593. The fourth-order valence-corrected chi connectivity index (χ4v) is 3.65. The minimum Gasteiger partial charge on any atom is -0.493 e. The molecule has 1 heterocycles. The first kappa shape index (κ1) is 20.8. The number of imide groups is 1. The summed E-state index contributed by atoms with van der Waals surface area (Å²) in [6.07, 6.45) is 1.69. The fraction of sp³-hybridized carbons (Fsp3) is 0.273. The van der Waals surface area contributed by atoms with Gasteiger partial charge in [-0.05, 0) is 61.5 Å². The lowest BCUT2D eigenvalue weighted by molar-refractivity contribution is -0.123. The molecular formula is C22H23NO5S. The van der Waals surface area contributed by atoms with Crippen LogP contribution in [0.15, 0.2) is 47.4 Å². The average Bonchev–Trinajstić information content (AvgIpc) is 2.97. The summed E-state index contributed by atoms with van der Waals surface area (Å²) in [5, 5.41) is -0.299. The molecule has 0 bridgehead atoms. The highest BCUT2D eigenvalue weighted by molar-refractivity contribution is 8.18. The number of hydrogen-bond donors (Lipinski definition) is 0. The zero-order chi connectivity index (χ0) is 20.8. The monoisotopic (exact) mass is 413 g/mol. The number of thioether (sulfide) groups is 1.